The summed E-state index contributed by atoms with van der Waals surface area (Å²) in [4.78, 5) is 12.9. The van der Waals surface area contributed by atoms with Crippen molar-refractivity contribution in [2.45, 2.75) is 6.61 Å². The first-order valence-electron chi connectivity index (χ1n) is 9.43. The van der Waals surface area contributed by atoms with Gasteiger partial charge >= 0.3 is 0 Å². The number of pyridine rings is 2. The van der Waals surface area contributed by atoms with Gasteiger partial charge in [0.05, 0.1) is 30.7 Å². The summed E-state index contributed by atoms with van der Waals surface area (Å²) >= 11 is 0. The van der Waals surface area contributed by atoms with E-state index < -0.39 is 17.5 Å². The molecule has 0 saturated carbocycles. The van der Waals surface area contributed by atoms with E-state index in [-0.39, 0.29) is 17.9 Å². The number of hydrogen-bond donors (Lipinski definition) is 0. The molecule has 0 bridgehead atoms. The maximum Gasteiger partial charge on any atom is 0.194 e. The smallest absolute Gasteiger partial charge is 0.194 e. The van der Waals surface area contributed by atoms with Gasteiger partial charge < -0.3 is 9.47 Å². The monoisotopic (exact) mass is 437 g/mol. The molecule has 0 spiro atoms. The molecular weight excluding hydrogens is 423 g/mol. The Morgan fingerprint density at radius 3 is 2.53 bits per heavy atom. The van der Waals surface area contributed by atoms with Crippen molar-refractivity contribution in [1.29, 1.82) is 0 Å². The van der Waals surface area contributed by atoms with E-state index >= 15 is 0 Å². The zero-order valence-corrected chi connectivity index (χ0v) is 16.6. The lowest BCUT2D eigenvalue weighted by Gasteiger charge is -2.09. The third-order valence-electron chi connectivity index (χ3n) is 4.84. The average Bonchev–Trinajstić information content (AvgIpc) is 3.22. The number of imidazole rings is 1. The number of rotatable bonds is 5. The summed E-state index contributed by atoms with van der Waals surface area (Å²) in [6, 6.07) is 8.41. The predicted octanol–water partition coefficient (Wildman–Crippen LogP) is 4.34. The first-order valence-corrected chi connectivity index (χ1v) is 9.43. The highest BCUT2D eigenvalue weighted by Gasteiger charge is 2.14. The maximum atomic E-state index is 13.6. The molecule has 0 aliphatic rings. The van der Waals surface area contributed by atoms with Gasteiger partial charge in [0.2, 0.25) is 0 Å². The zero-order valence-electron chi connectivity index (χ0n) is 16.6. The minimum absolute atomic E-state index is 0.0938. The standard InChI is InChI=1S/C22H14F3N5O2/c1-31-14-8-18-22(28-10-14)19(4-5-26-18)32-11-13-9-27-20-3-2-17(29-30(13)20)12-6-15(23)21(25)16(24)7-12/h2-10H,11H2,1H3. The highest BCUT2D eigenvalue weighted by atomic mass is 19.2. The Morgan fingerprint density at radius 1 is 0.938 bits per heavy atom. The second kappa shape index (κ2) is 7.80. The van der Waals surface area contributed by atoms with E-state index in [4.69, 9.17) is 9.47 Å². The van der Waals surface area contributed by atoms with Crippen molar-refractivity contribution in [2.24, 2.45) is 0 Å². The predicted molar refractivity (Wildman–Crippen MR) is 109 cm³/mol. The number of ether oxygens (including phenoxy) is 2. The van der Waals surface area contributed by atoms with Gasteiger partial charge in [-0.1, -0.05) is 0 Å². The normalized spacial score (nSPS) is 11.2. The number of hydrogen-bond acceptors (Lipinski definition) is 6. The summed E-state index contributed by atoms with van der Waals surface area (Å²) in [5, 5.41) is 4.39. The molecule has 0 atom stereocenters. The van der Waals surface area contributed by atoms with E-state index in [9.17, 15) is 13.2 Å². The van der Waals surface area contributed by atoms with Crippen molar-refractivity contribution in [3.05, 3.63) is 78.1 Å². The molecule has 0 aliphatic carbocycles. The summed E-state index contributed by atoms with van der Waals surface area (Å²) in [6.07, 6.45) is 4.75. The van der Waals surface area contributed by atoms with Crippen LogP contribution in [0.4, 0.5) is 13.2 Å². The summed E-state index contributed by atoms with van der Waals surface area (Å²) in [7, 11) is 1.55. The van der Waals surface area contributed by atoms with Gasteiger partial charge in [0.15, 0.2) is 23.1 Å². The quantitative estimate of drug-likeness (QED) is 0.381. The molecule has 7 nitrogen and oxygen atoms in total. The second-order valence-electron chi connectivity index (χ2n) is 6.83. The Morgan fingerprint density at radius 2 is 1.75 bits per heavy atom. The van der Waals surface area contributed by atoms with Gasteiger partial charge in [0.25, 0.3) is 0 Å². The van der Waals surface area contributed by atoms with Gasteiger partial charge in [-0.3, -0.25) is 4.98 Å². The molecule has 0 saturated heterocycles. The molecule has 5 rings (SSSR count). The van der Waals surface area contributed by atoms with E-state index in [1.165, 1.54) is 4.52 Å². The van der Waals surface area contributed by atoms with Crippen LogP contribution in [0.3, 0.4) is 0 Å². The third kappa shape index (κ3) is 3.45. The third-order valence-corrected chi connectivity index (χ3v) is 4.84. The lowest BCUT2D eigenvalue weighted by atomic mass is 10.1. The lowest BCUT2D eigenvalue weighted by Crippen LogP contribution is -2.04. The number of methoxy groups -OCH3 is 1. The highest BCUT2D eigenvalue weighted by molar-refractivity contribution is 5.81. The lowest BCUT2D eigenvalue weighted by molar-refractivity contribution is 0.301. The molecule has 0 amide bonds. The van der Waals surface area contributed by atoms with Crippen molar-refractivity contribution in [1.82, 2.24) is 24.6 Å². The second-order valence-corrected chi connectivity index (χ2v) is 6.83. The molecular formula is C22H14F3N5O2. The van der Waals surface area contributed by atoms with Crippen molar-refractivity contribution in [3.8, 4) is 22.8 Å². The van der Waals surface area contributed by atoms with Crippen LogP contribution in [-0.2, 0) is 6.61 Å². The molecule has 10 heteroatoms. The van der Waals surface area contributed by atoms with Gasteiger partial charge in [-0.2, -0.15) is 5.10 Å². The van der Waals surface area contributed by atoms with Crippen LogP contribution in [0, 0.1) is 17.5 Å². The first kappa shape index (κ1) is 19.7. The van der Waals surface area contributed by atoms with Crippen LogP contribution in [-0.4, -0.2) is 31.7 Å². The molecule has 160 valence electrons. The fourth-order valence-corrected chi connectivity index (χ4v) is 3.24. The molecule has 0 unspecified atom stereocenters. The number of halogens is 3. The molecule has 32 heavy (non-hydrogen) atoms. The molecule has 4 aromatic heterocycles. The highest BCUT2D eigenvalue weighted by Crippen LogP contribution is 2.26. The van der Waals surface area contributed by atoms with Gasteiger partial charge in [-0.05, 0) is 24.3 Å². The number of fused-ring (bicyclic) bond motifs is 2. The van der Waals surface area contributed by atoms with E-state index in [1.54, 1.807) is 50.0 Å². The largest absolute Gasteiger partial charge is 0.495 e. The molecule has 4 heterocycles. The number of aromatic nitrogens is 5. The molecule has 0 aliphatic heterocycles. The van der Waals surface area contributed by atoms with Crippen molar-refractivity contribution in [3.63, 3.8) is 0 Å². The molecule has 5 aromatic rings. The molecule has 0 fully saturated rings. The van der Waals surface area contributed by atoms with Crippen LogP contribution in [0.2, 0.25) is 0 Å². The fraction of sp³-hybridized carbons (Fsp3) is 0.0909. The van der Waals surface area contributed by atoms with E-state index in [2.05, 4.69) is 20.1 Å². The average molecular weight is 437 g/mol. The molecule has 0 N–H and O–H groups in total. The Kier molecular flexibility index (Phi) is 4.81. The van der Waals surface area contributed by atoms with Crippen LogP contribution >= 0.6 is 0 Å². The molecule has 0 radical (unpaired) electrons. The van der Waals surface area contributed by atoms with Crippen molar-refractivity contribution >= 4 is 16.7 Å². The first-order chi connectivity index (χ1) is 15.5. The topological polar surface area (TPSA) is 74.4 Å². The zero-order chi connectivity index (χ0) is 22.2. The van der Waals surface area contributed by atoms with E-state index in [0.29, 0.717) is 33.9 Å². The Labute approximate surface area is 179 Å². The van der Waals surface area contributed by atoms with Crippen molar-refractivity contribution < 1.29 is 22.6 Å². The molecule has 1 aromatic carbocycles. The minimum atomic E-state index is -1.53. The number of benzene rings is 1. The summed E-state index contributed by atoms with van der Waals surface area (Å²) < 4.78 is 53.2. The van der Waals surface area contributed by atoms with Crippen LogP contribution in [0.1, 0.15) is 5.69 Å². The fourth-order valence-electron chi connectivity index (χ4n) is 3.24. The minimum Gasteiger partial charge on any atom is -0.495 e. The van der Waals surface area contributed by atoms with Gasteiger partial charge in [0.1, 0.15) is 29.3 Å². The van der Waals surface area contributed by atoms with Crippen LogP contribution in [0.5, 0.6) is 11.5 Å². The van der Waals surface area contributed by atoms with Gasteiger partial charge in [-0.15, -0.1) is 0 Å². The van der Waals surface area contributed by atoms with Crippen LogP contribution < -0.4 is 9.47 Å². The van der Waals surface area contributed by atoms with Crippen molar-refractivity contribution in [2.75, 3.05) is 7.11 Å². The number of nitrogens with zero attached hydrogens (tertiary/aromatic N) is 5. The summed E-state index contributed by atoms with van der Waals surface area (Å²) in [5.41, 5.74) is 2.62. The Balaban J connectivity index is 1.47. The van der Waals surface area contributed by atoms with Gasteiger partial charge in [0, 0.05) is 23.9 Å². The Bertz CT molecular complexity index is 1450. The van der Waals surface area contributed by atoms with E-state index in [0.717, 1.165) is 12.1 Å². The Hall–Kier alpha value is -4.21. The van der Waals surface area contributed by atoms with Crippen LogP contribution in [0.25, 0.3) is 27.9 Å². The van der Waals surface area contributed by atoms with Gasteiger partial charge in [-0.25, -0.2) is 27.7 Å². The SMILES string of the molecule is COc1cnc2c(OCc3cnc4ccc(-c5cc(F)c(F)c(F)c5)nn34)ccnc2c1. The maximum absolute atomic E-state index is 13.6. The summed E-state index contributed by atoms with van der Waals surface area (Å²) in [5.74, 6) is -3.02. The van der Waals surface area contributed by atoms with Crippen LogP contribution in [0.15, 0.2) is 55.0 Å². The summed E-state index contributed by atoms with van der Waals surface area (Å²) in [6.45, 7) is 0.0938. The van der Waals surface area contributed by atoms with E-state index in [1.807, 2.05) is 0 Å².